The molecule has 0 bridgehead atoms. The van der Waals surface area contributed by atoms with Crippen LogP contribution in [0.5, 0.6) is 0 Å². The summed E-state index contributed by atoms with van der Waals surface area (Å²) in [6.07, 6.45) is 0. The third-order valence-corrected chi connectivity index (χ3v) is 1.28. The van der Waals surface area contributed by atoms with E-state index in [1.54, 1.807) is 20.8 Å². The molecule has 0 aromatic heterocycles. The Morgan fingerprint density at radius 2 is 1.82 bits per heavy atom. The molecule has 0 aliphatic rings. The Bertz CT molecular complexity index is 297. The van der Waals surface area contributed by atoms with Gasteiger partial charge in [0.15, 0.2) is 6.61 Å². The quantitative estimate of drug-likeness (QED) is 0.475. The third-order valence-electron chi connectivity index (χ3n) is 1.28. The highest BCUT2D eigenvalue weighted by Crippen LogP contribution is 1.96. The minimum Gasteiger partial charge on any atom is -0.479 e. The molecule has 8 nitrogen and oxygen atoms in total. The van der Waals surface area contributed by atoms with E-state index in [-0.39, 0.29) is 18.0 Å². The van der Waals surface area contributed by atoms with E-state index in [9.17, 15) is 14.4 Å². The number of carbonyl (C=O) groups is 3. The summed E-state index contributed by atoms with van der Waals surface area (Å²) in [6.45, 7) is 4.55. The summed E-state index contributed by atoms with van der Waals surface area (Å²) in [7, 11) is 0. The molecule has 17 heavy (non-hydrogen) atoms. The van der Waals surface area contributed by atoms with Crippen molar-refractivity contribution in [2.45, 2.75) is 26.3 Å². The van der Waals surface area contributed by atoms with Crippen molar-refractivity contribution in [1.82, 2.24) is 16.1 Å². The lowest BCUT2D eigenvalue weighted by Gasteiger charge is -2.20. The van der Waals surface area contributed by atoms with E-state index in [2.05, 4.69) is 15.5 Å². The van der Waals surface area contributed by atoms with Gasteiger partial charge < -0.3 is 15.7 Å². The summed E-state index contributed by atoms with van der Waals surface area (Å²) in [4.78, 5) is 36.6. The highest BCUT2D eigenvalue weighted by molar-refractivity contribution is 5.83. The van der Waals surface area contributed by atoms with Crippen LogP contribution in [-0.4, -0.2) is 41.7 Å². The number of amides is 3. The molecule has 0 saturated heterocycles. The molecule has 0 fully saturated rings. The molecule has 98 valence electrons. The van der Waals surface area contributed by atoms with E-state index in [1.807, 2.05) is 5.48 Å². The summed E-state index contributed by atoms with van der Waals surface area (Å²) in [5.74, 6) is -1.57. The van der Waals surface area contributed by atoms with Crippen LogP contribution < -0.4 is 16.1 Å². The molecule has 0 saturated carbocycles. The van der Waals surface area contributed by atoms with Crippen LogP contribution in [0.25, 0.3) is 0 Å². The number of carboxylic acids is 1. The number of urea groups is 1. The van der Waals surface area contributed by atoms with Crippen molar-refractivity contribution in [1.29, 1.82) is 0 Å². The summed E-state index contributed by atoms with van der Waals surface area (Å²) in [6, 6.07) is -0.782. The van der Waals surface area contributed by atoms with Gasteiger partial charge in [0.25, 0.3) is 0 Å². The van der Waals surface area contributed by atoms with Gasteiger partial charge in [-0.05, 0) is 20.8 Å². The summed E-state index contributed by atoms with van der Waals surface area (Å²) in [5.41, 5.74) is 1.44. The maximum Gasteiger partial charge on any atom is 0.339 e. The molecule has 0 aliphatic heterocycles. The summed E-state index contributed by atoms with van der Waals surface area (Å²) in [5, 5.41) is 13.0. The van der Waals surface area contributed by atoms with Crippen LogP contribution in [0.4, 0.5) is 4.79 Å². The van der Waals surface area contributed by atoms with Gasteiger partial charge in [0.1, 0.15) is 0 Å². The highest BCUT2D eigenvalue weighted by Gasteiger charge is 2.14. The second-order valence-electron chi connectivity index (χ2n) is 4.27. The Balaban J connectivity index is 3.70. The molecule has 0 spiro atoms. The first-order chi connectivity index (χ1) is 7.70. The monoisotopic (exact) mass is 247 g/mol. The van der Waals surface area contributed by atoms with E-state index in [0.717, 1.165) is 0 Å². The van der Waals surface area contributed by atoms with Gasteiger partial charge >= 0.3 is 12.0 Å². The van der Waals surface area contributed by atoms with Crippen LogP contribution in [0.15, 0.2) is 0 Å². The zero-order valence-electron chi connectivity index (χ0n) is 9.99. The largest absolute Gasteiger partial charge is 0.479 e. The molecule has 0 aromatic rings. The molecular weight excluding hydrogens is 230 g/mol. The van der Waals surface area contributed by atoms with E-state index >= 15 is 0 Å². The Hall–Kier alpha value is -1.83. The number of carbonyl (C=O) groups excluding carboxylic acids is 2. The van der Waals surface area contributed by atoms with Crippen LogP contribution in [0.1, 0.15) is 20.8 Å². The van der Waals surface area contributed by atoms with Crippen LogP contribution in [0.3, 0.4) is 0 Å². The minimum absolute atomic E-state index is 0.223. The van der Waals surface area contributed by atoms with Gasteiger partial charge in [-0.25, -0.2) is 15.1 Å². The van der Waals surface area contributed by atoms with Gasteiger partial charge in [-0.2, -0.15) is 0 Å². The number of rotatable bonds is 5. The molecule has 0 aromatic carbocycles. The molecular formula is C9H17N3O5. The first-order valence-electron chi connectivity index (χ1n) is 4.89. The third kappa shape index (κ3) is 10.5. The van der Waals surface area contributed by atoms with Gasteiger partial charge in [-0.15, -0.1) is 0 Å². The molecule has 0 aliphatic carbocycles. The maximum atomic E-state index is 11.3. The van der Waals surface area contributed by atoms with Crippen molar-refractivity contribution in [2.24, 2.45) is 0 Å². The van der Waals surface area contributed by atoms with Gasteiger partial charge in [-0.1, -0.05) is 0 Å². The minimum atomic E-state index is -1.21. The fourth-order valence-electron chi connectivity index (χ4n) is 0.822. The molecule has 0 atom stereocenters. The summed E-state index contributed by atoms with van der Waals surface area (Å²) < 4.78 is 0. The lowest BCUT2D eigenvalue weighted by atomic mass is 10.1. The van der Waals surface area contributed by atoms with Gasteiger partial charge in [0.2, 0.25) is 5.91 Å². The van der Waals surface area contributed by atoms with Crippen LogP contribution in [0.2, 0.25) is 0 Å². The van der Waals surface area contributed by atoms with Crippen LogP contribution in [0, 0.1) is 0 Å². The lowest BCUT2D eigenvalue weighted by molar-refractivity contribution is -0.144. The van der Waals surface area contributed by atoms with Crippen molar-refractivity contribution in [3.63, 3.8) is 0 Å². The zero-order valence-corrected chi connectivity index (χ0v) is 9.99. The molecule has 0 radical (unpaired) electrons. The smallest absolute Gasteiger partial charge is 0.339 e. The molecule has 4 N–H and O–H groups in total. The van der Waals surface area contributed by atoms with Crippen molar-refractivity contribution in [3.05, 3.63) is 0 Å². The Morgan fingerprint density at radius 1 is 1.24 bits per heavy atom. The summed E-state index contributed by atoms with van der Waals surface area (Å²) >= 11 is 0. The number of hydrogen-bond acceptors (Lipinski definition) is 4. The van der Waals surface area contributed by atoms with E-state index in [1.165, 1.54) is 0 Å². The van der Waals surface area contributed by atoms with E-state index in [4.69, 9.17) is 5.11 Å². The van der Waals surface area contributed by atoms with E-state index in [0.29, 0.717) is 0 Å². The average molecular weight is 247 g/mol. The first-order valence-corrected chi connectivity index (χ1v) is 4.89. The number of hydroxylamine groups is 1. The van der Waals surface area contributed by atoms with E-state index < -0.39 is 18.6 Å². The lowest BCUT2D eigenvalue weighted by Crippen LogP contribution is -2.47. The number of hydrogen-bond donors (Lipinski definition) is 4. The predicted molar refractivity (Wildman–Crippen MR) is 58.0 cm³/mol. The van der Waals surface area contributed by atoms with Gasteiger partial charge in [0.05, 0.1) is 6.54 Å². The average Bonchev–Trinajstić information content (AvgIpc) is 2.11. The van der Waals surface area contributed by atoms with Gasteiger partial charge in [0, 0.05) is 5.54 Å². The van der Waals surface area contributed by atoms with Gasteiger partial charge in [-0.3, -0.25) is 9.63 Å². The fourth-order valence-corrected chi connectivity index (χ4v) is 0.822. The topological polar surface area (TPSA) is 117 Å². The van der Waals surface area contributed by atoms with Crippen LogP contribution in [-0.2, 0) is 14.4 Å². The molecule has 0 rings (SSSR count). The predicted octanol–water partition coefficient (Wildman–Crippen LogP) is -0.783. The maximum absolute atomic E-state index is 11.3. The normalized spacial score (nSPS) is 10.5. The Morgan fingerprint density at radius 3 is 2.29 bits per heavy atom. The first kappa shape index (κ1) is 15.2. The van der Waals surface area contributed by atoms with Crippen molar-refractivity contribution in [3.8, 4) is 0 Å². The SMILES string of the molecule is CC(C)(C)NC(=O)CNC(=O)NOCC(=O)O. The van der Waals surface area contributed by atoms with Crippen molar-refractivity contribution < 1.29 is 24.3 Å². The number of aliphatic carboxylic acids is 1. The van der Waals surface area contributed by atoms with Crippen LogP contribution >= 0.6 is 0 Å². The second-order valence-corrected chi connectivity index (χ2v) is 4.27. The second kappa shape index (κ2) is 6.69. The Labute approximate surface area is 98.7 Å². The molecule has 0 heterocycles. The number of carboxylic acid groups (broad SMARTS) is 1. The Kier molecular flexibility index (Phi) is 5.97. The molecule has 8 heteroatoms. The van der Waals surface area contributed by atoms with Crippen molar-refractivity contribution >= 4 is 17.9 Å². The fraction of sp³-hybridized carbons (Fsp3) is 0.667. The molecule has 0 unspecified atom stereocenters. The zero-order chi connectivity index (χ0) is 13.5. The van der Waals surface area contributed by atoms with Crippen molar-refractivity contribution in [2.75, 3.05) is 13.2 Å². The number of nitrogens with one attached hydrogen (secondary N) is 3. The molecule has 3 amide bonds. The standard InChI is InChI=1S/C9H17N3O5/c1-9(2,3)11-6(13)4-10-8(16)12-17-5-7(14)15/h4-5H2,1-3H3,(H,11,13)(H,14,15)(H2,10,12,16). The highest BCUT2D eigenvalue weighted by atomic mass is 16.7.